The van der Waals surface area contributed by atoms with E-state index in [2.05, 4.69) is 23.3 Å². The zero-order valence-corrected chi connectivity index (χ0v) is 15.8. The standard InChI is InChI=1S/C21H21N3OS/c1-12-13(2)23-18-9-8-14(10-16(12)18)20(25)24-21-17(11-22)15-6-4-3-5-7-19(15)26-21/h8-10,23H,3-7H2,1-2H3,(H,24,25). The van der Waals surface area contributed by atoms with Crippen LogP contribution in [0.5, 0.6) is 0 Å². The van der Waals surface area contributed by atoms with E-state index in [-0.39, 0.29) is 5.91 Å². The molecule has 26 heavy (non-hydrogen) atoms. The Kier molecular flexibility index (Phi) is 4.29. The number of carbonyl (C=O) groups is 1. The Morgan fingerprint density at radius 1 is 1.23 bits per heavy atom. The maximum Gasteiger partial charge on any atom is 0.256 e. The van der Waals surface area contributed by atoms with E-state index >= 15 is 0 Å². The number of aryl methyl sites for hydroxylation is 3. The highest BCUT2D eigenvalue weighted by molar-refractivity contribution is 7.16. The fraction of sp³-hybridized carbons (Fsp3) is 0.333. The molecular formula is C21H21N3OS. The third kappa shape index (κ3) is 2.81. The van der Waals surface area contributed by atoms with E-state index in [9.17, 15) is 10.1 Å². The molecule has 0 radical (unpaired) electrons. The first-order valence-corrected chi connectivity index (χ1v) is 9.85. The molecule has 0 aliphatic heterocycles. The summed E-state index contributed by atoms with van der Waals surface area (Å²) in [5, 5.41) is 14.4. The number of nitrogens with zero attached hydrogens (tertiary/aromatic N) is 1. The molecule has 0 fully saturated rings. The SMILES string of the molecule is Cc1[nH]c2ccc(C(=O)Nc3sc4c(c3C#N)CCCCC4)cc2c1C. The summed E-state index contributed by atoms with van der Waals surface area (Å²) in [5.41, 5.74) is 5.75. The highest BCUT2D eigenvalue weighted by Crippen LogP contribution is 2.37. The van der Waals surface area contributed by atoms with Gasteiger partial charge in [-0.3, -0.25) is 4.79 Å². The number of benzene rings is 1. The summed E-state index contributed by atoms with van der Waals surface area (Å²) in [6.45, 7) is 4.09. The van der Waals surface area contributed by atoms with Gasteiger partial charge >= 0.3 is 0 Å². The Hall–Kier alpha value is -2.58. The van der Waals surface area contributed by atoms with Gasteiger partial charge in [0.1, 0.15) is 11.1 Å². The highest BCUT2D eigenvalue weighted by atomic mass is 32.1. The van der Waals surface area contributed by atoms with Gasteiger partial charge in [-0.15, -0.1) is 11.3 Å². The average molecular weight is 363 g/mol. The number of hydrogen-bond acceptors (Lipinski definition) is 3. The topological polar surface area (TPSA) is 68.7 Å². The van der Waals surface area contributed by atoms with Crippen molar-refractivity contribution in [2.24, 2.45) is 0 Å². The zero-order valence-electron chi connectivity index (χ0n) is 15.0. The van der Waals surface area contributed by atoms with Crippen LogP contribution in [0.1, 0.15) is 56.9 Å². The lowest BCUT2D eigenvalue weighted by molar-refractivity contribution is 0.102. The number of anilines is 1. The van der Waals surface area contributed by atoms with Gasteiger partial charge in [0.05, 0.1) is 5.56 Å². The molecular weight excluding hydrogens is 342 g/mol. The summed E-state index contributed by atoms with van der Waals surface area (Å²) in [5.74, 6) is -0.155. The molecule has 4 nitrogen and oxygen atoms in total. The quantitative estimate of drug-likeness (QED) is 0.611. The van der Waals surface area contributed by atoms with Crippen LogP contribution in [0.25, 0.3) is 10.9 Å². The third-order valence-corrected chi connectivity index (χ3v) is 6.54. The van der Waals surface area contributed by atoms with Gasteiger partial charge in [-0.05, 0) is 68.9 Å². The van der Waals surface area contributed by atoms with Crippen LogP contribution in [-0.2, 0) is 12.8 Å². The molecule has 1 aliphatic carbocycles. The smallest absolute Gasteiger partial charge is 0.256 e. The number of thiophene rings is 1. The summed E-state index contributed by atoms with van der Waals surface area (Å²) in [6, 6.07) is 8.02. The van der Waals surface area contributed by atoms with Crippen molar-refractivity contribution in [2.45, 2.75) is 46.0 Å². The molecule has 2 heterocycles. The minimum absolute atomic E-state index is 0.155. The van der Waals surface area contributed by atoms with Crippen LogP contribution in [0.2, 0.25) is 0 Å². The summed E-state index contributed by atoms with van der Waals surface area (Å²) in [4.78, 5) is 17.4. The average Bonchev–Trinajstić information content (AvgIpc) is 2.99. The Morgan fingerprint density at radius 3 is 2.85 bits per heavy atom. The molecule has 3 aromatic rings. The van der Waals surface area contributed by atoms with Gasteiger partial charge in [-0.25, -0.2) is 0 Å². The number of amides is 1. The molecule has 0 spiro atoms. The molecule has 132 valence electrons. The third-order valence-electron chi connectivity index (χ3n) is 5.33. The highest BCUT2D eigenvalue weighted by Gasteiger charge is 2.21. The number of nitrogens with one attached hydrogen (secondary N) is 2. The second-order valence-electron chi connectivity index (χ2n) is 6.97. The van der Waals surface area contributed by atoms with Gasteiger partial charge in [-0.2, -0.15) is 5.26 Å². The maximum absolute atomic E-state index is 12.8. The Balaban J connectivity index is 1.66. The van der Waals surface area contributed by atoms with E-state index in [1.165, 1.54) is 11.3 Å². The molecule has 0 saturated carbocycles. The van der Waals surface area contributed by atoms with Gasteiger partial charge in [0, 0.05) is 27.0 Å². The van der Waals surface area contributed by atoms with E-state index in [0.717, 1.165) is 53.4 Å². The fourth-order valence-electron chi connectivity index (χ4n) is 3.73. The number of fused-ring (bicyclic) bond motifs is 2. The molecule has 1 aliphatic rings. The molecule has 0 atom stereocenters. The van der Waals surface area contributed by atoms with Gasteiger partial charge in [-0.1, -0.05) is 6.42 Å². The normalized spacial score (nSPS) is 13.9. The van der Waals surface area contributed by atoms with Crippen molar-refractivity contribution in [3.63, 3.8) is 0 Å². The van der Waals surface area contributed by atoms with Crippen molar-refractivity contribution in [3.8, 4) is 6.07 Å². The summed E-state index contributed by atoms with van der Waals surface area (Å²) in [7, 11) is 0. The Bertz CT molecular complexity index is 1050. The van der Waals surface area contributed by atoms with Crippen LogP contribution < -0.4 is 5.32 Å². The predicted octanol–water partition coefficient (Wildman–Crippen LogP) is 5.24. The molecule has 0 bridgehead atoms. The molecule has 5 heteroatoms. The largest absolute Gasteiger partial charge is 0.358 e. The van der Waals surface area contributed by atoms with Crippen molar-refractivity contribution in [1.82, 2.24) is 4.98 Å². The number of aromatic nitrogens is 1. The van der Waals surface area contributed by atoms with Gasteiger partial charge in [0.25, 0.3) is 5.91 Å². The second kappa shape index (κ2) is 6.62. The lowest BCUT2D eigenvalue weighted by Gasteiger charge is -2.05. The van der Waals surface area contributed by atoms with E-state index in [1.807, 2.05) is 25.1 Å². The molecule has 0 saturated heterocycles. The van der Waals surface area contributed by atoms with E-state index in [4.69, 9.17) is 0 Å². The summed E-state index contributed by atoms with van der Waals surface area (Å²) < 4.78 is 0. The van der Waals surface area contributed by atoms with Gasteiger partial charge < -0.3 is 10.3 Å². The minimum atomic E-state index is -0.155. The predicted molar refractivity (Wildman–Crippen MR) is 106 cm³/mol. The number of rotatable bonds is 2. The van der Waals surface area contributed by atoms with Crippen molar-refractivity contribution in [2.75, 3.05) is 5.32 Å². The minimum Gasteiger partial charge on any atom is -0.358 e. The molecule has 1 aromatic carbocycles. The summed E-state index contributed by atoms with van der Waals surface area (Å²) in [6.07, 6.45) is 5.45. The lowest BCUT2D eigenvalue weighted by atomic mass is 10.1. The number of H-pyrrole nitrogens is 1. The van der Waals surface area contributed by atoms with Crippen LogP contribution in [0, 0.1) is 25.2 Å². The van der Waals surface area contributed by atoms with Crippen LogP contribution in [0.4, 0.5) is 5.00 Å². The maximum atomic E-state index is 12.8. The van der Waals surface area contributed by atoms with Crippen LogP contribution in [0.15, 0.2) is 18.2 Å². The first-order valence-electron chi connectivity index (χ1n) is 9.03. The first-order chi connectivity index (χ1) is 12.6. The number of carbonyl (C=O) groups excluding carboxylic acids is 1. The molecule has 0 unspecified atom stereocenters. The number of nitriles is 1. The Morgan fingerprint density at radius 2 is 2.04 bits per heavy atom. The van der Waals surface area contributed by atoms with Crippen LogP contribution >= 0.6 is 11.3 Å². The molecule has 2 aromatic heterocycles. The molecule has 2 N–H and O–H groups in total. The Labute approximate surface area is 156 Å². The number of aromatic amines is 1. The van der Waals surface area contributed by atoms with Crippen molar-refractivity contribution >= 4 is 33.1 Å². The number of hydrogen-bond donors (Lipinski definition) is 2. The molecule has 1 amide bonds. The van der Waals surface area contributed by atoms with E-state index in [1.54, 1.807) is 11.3 Å². The van der Waals surface area contributed by atoms with E-state index in [0.29, 0.717) is 16.1 Å². The second-order valence-corrected chi connectivity index (χ2v) is 8.08. The van der Waals surface area contributed by atoms with Gasteiger partial charge in [0.2, 0.25) is 0 Å². The summed E-state index contributed by atoms with van der Waals surface area (Å²) >= 11 is 1.57. The van der Waals surface area contributed by atoms with Crippen molar-refractivity contribution < 1.29 is 4.79 Å². The van der Waals surface area contributed by atoms with Crippen molar-refractivity contribution in [3.05, 3.63) is 51.0 Å². The fourth-order valence-corrected chi connectivity index (χ4v) is 4.96. The monoisotopic (exact) mass is 363 g/mol. The first kappa shape index (κ1) is 16.9. The lowest BCUT2D eigenvalue weighted by Crippen LogP contribution is -2.11. The zero-order chi connectivity index (χ0) is 18.3. The van der Waals surface area contributed by atoms with Crippen LogP contribution in [-0.4, -0.2) is 10.9 Å². The molecule has 4 rings (SSSR count). The van der Waals surface area contributed by atoms with Crippen LogP contribution in [0.3, 0.4) is 0 Å². The van der Waals surface area contributed by atoms with Crippen molar-refractivity contribution in [1.29, 1.82) is 5.26 Å². The van der Waals surface area contributed by atoms with Gasteiger partial charge in [0.15, 0.2) is 0 Å². The van der Waals surface area contributed by atoms with E-state index < -0.39 is 0 Å².